The number of rotatable bonds is 3. The lowest BCUT2D eigenvalue weighted by atomic mass is 10.1. The predicted molar refractivity (Wildman–Crippen MR) is 109 cm³/mol. The Hall–Kier alpha value is -2.74. The predicted octanol–water partition coefficient (Wildman–Crippen LogP) is 3.46. The molecule has 0 fully saturated rings. The number of ether oxygens (including phenoxy) is 1. The van der Waals surface area contributed by atoms with Crippen molar-refractivity contribution in [1.82, 2.24) is 14.6 Å². The molecule has 140 valence electrons. The Morgan fingerprint density at radius 2 is 1.93 bits per heavy atom. The number of aromatic nitrogens is 3. The van der Waals surface area contributed by atoms with Crippen LogP contribution in [0.5, 0.6) is 0 Å². The molecule has 0 saturated carbocycles. The highest BCUT2D eigenvalue weighted by Gasteiger charge is 2.14. The van der Waals surface area contributed by atoms with Crippen LogP contribution in [0, 0.1) is 0 Å². The summed E-state index contributed by atoms with van der Waals surface area (Å²) >= 11 is 13.3. The van der Waals surface area contributed by atoms with Crippen LogP contribution in [-0.2, 0) is 4.74 Å². The second-order valence-corrected chi connectivity index (χ2v) is 7.64. The molecule has 0 N–H and O–H groups in total. The summed E-state index contributed by atoms with van der Waals surface area (Å²) < 4.78 is 6.40. The van der Waals surface area contributed by atoms with Gasteiger partial charge < -0.3 is 4.74 Å². The van der Waals surface area contributed by atoms with Crippen LogP contribution in [0.2, 0.25) is 10.0 Å². The third-order valence-corrected chi connectivity index (χ3v) is 5.49. The summed E-state index contributed by atoms with van der Waals surface area (Å²) in [6.45, 7) is 0. The molecule has 0 aliphatic rings. The lowest BCUT2D eigenvalue weighted by Crippen LogP contribution is -2.23. The fourth-order valence-corrected chi connectivity index (χ4v) is 4.00. The highest BCUT2D eigenvalue weighted by Crippen LogP contribution is 2.28. The minimum atomic E-state index is -0.414. The van der Waals surface area contributed by atoms with E-state index < -0.39 is 5.97 Å². The first-order valence-electron chi connectivity index (χ1n) is 8.01. The smallest absolute Gasteiger partial charge is 0.337 e. The first-order valence-corrected chi connectivity index (χ1v) is 9.58. The second-order valence-electron chi connectivity index (χ2n) is 5.78. The lowest BCUT2D eigenvalue weighted by molar-refractivity contribution is 0.0600. The fourth-order valence-electron chi connectivity index (χ4n) is 2.60. The van der Waals surface area contributed by atoms with Crippen molar-refractivity contribution in [3.8, 4) is 11.4 Å². The summed E-state index contributed by atoms with van der Waals surface area (Å²) in [7, 11) is 1.33. The Kier molecular flexibility index (Phi) is 4.89. The topological polar surface area (TPSA) is 73.6 Å². The van der Waals surface area contributed by atoms with E-state index in [2.05, 4.69) is 14.8 Å². The van der Waals surface area contributed by atoms with Crippen molar-refractivity contribution < 1.29 is 9.53 Å². The van der Waals surface area contributed by atoms with E-state index in [1.165, 1.54) is 23.0 Å². The number of carbonyl (C=O) groups is 1. The maximum atomic E-state index is 12.6. The van der Waals surface area contributed by atoms with Gasteiger partial charge in [-0.25, -0.2) is 4.79 Å². The quantitative estimate of drug-likeness (QED) is 0.464. The van der Waals surface area contributed by atoms with Crippen LogP contribution in [0.3, 0.4) is 0 Å². The molecular formula is C19H11Cl2N3O3S. The first kappa shape index (κ1) is 18.6. The van der Waals surface area contributed by atoms with E-state index in [1.807, 2.05) is 0 Å². The van der Waals surface area contributed by atoms with Gasteiger partial charge in [-0.2, -0.15) is 9.50 Å². The van der Waals surface area contributed by atoms with Crippen LogP contribution >= 0.6 is 34.5 Å². The monoisotopic (exact) mass is 431 g/mol. The molecule has 0 aliphatic heterocycles. The molecule has 0 saturated heterocycles. The molecule has 0 amide bonds. The number of carbonyl (C=O) groups excluding carboxylic acids is 1. The number of hydrogen-bond acceptors (Lipinski definition) is 6. The maximum Gasteiger partial charge on any atom is 0.337 e. The van der Waals surface area contributed by atoms with Gasteiger partial charge in [0.25, 0.3) is 5.56 Å². The third-order valence-electron chi connectivity index (χ3n) is 3.98. The van der Waals surface area contributed by atoms with Crippen LogP contribution in [0.1, 0.15) is 15.9 Å². The van der Waals surface area contributed by atoms with Gasteiger partial charge in [-0.15, -0.1) is 5.10 Å². The van der Waals surface area contributed by atoms with Crippen molar-refractivity contribution in [2.75, 3.05) is 7.11 Å². The minimum absolute atomic E-state index is 0.277. The first-order chi connectivity index (χ1) is 13.5. The fraction of sp³-hybridized carbons (Fsp3) is 0.0526. The van der Waals surface area contributed by atoms with Crippen molar-refractivity contribution in [2.24, 2.45) is 0 Å². The SMILES string of the molecule is COC(=O)c1ccc(/C=c2/sc3nc(-c4ccc(Cl)cc4Cl)nn3c2=O)cc1. The number of methoxy groups -OCH3 is 1. The number of fused-ring (bicyclic) bond motifs is 1. The van der Waals surface area contributed by atoms with Gasteiger partial charge in [0, 0.05) is 10.6 Å². The molecule has 0 spiro atoms. The van der Waals surface area contributed by atoms with E-state index in [0.717, 1.165) is 5.56 Å². The molecule has 2 aromatic carbocycles. The van der Waals surface area contributed by atoms with E-state index in [4.69, 9.17) is 23.2 Å². The Balaban J connectivity index is 1.73. The normalized spacial score (nSPS) is 11.9. The number of benzene rings is 2. The largest absolute Gasteiger partial charge is 0.465 e. The van der Waals surface area contributed by atoms with Gasteiger partial charge in [0.1, 0.15) is 0 Å². The number of esters is 1. The van der Waals surface area contributed by atoms with Crippen LogP contribution in [0.4, 0.5) is 0 Å². The second kappa shape index (κ2) is 7.35. The summed E-state index contributed by atoms with van der Waals surface area (Å²) in [6.07, 6.45) is 1.72. The summed E-state index contributed by atoms with van der Waals surface area (Å²) in [5.41, 5.74) is 1.54. The Labute approximate surface area is 172 Å². The van der Waals surface area contributed by atoms with Gasteiger partial charge in [-0.1, -0.05) is 46.7 Å². The Morgan fingerprint density at radius 1 is 1.18 bits per heavy atom. The average molecular weight is 432 g/mol. The van der Waals surface area contributed by atoms with E-state index in [1.54, 1.807) is 48.5 Å². The molecular weight excluding hydrogens is 421 g/mol. The highest BCUT2D eigenvalue weighted by molar-refractivity contribution is 7.15. The van der Waals surface area contributed by atoms with Gasteiger partial charge >= 0.3 is 5.97 Å². The van der Waals surface area contributed by atoms with Crippen molar-refractivity contribution in [2.45, 2.75) is 0 Å². The number of hydrogen-bond donors (Lipinski definition) is 0. The van der Waals surface area contributed by atoms with Crippen molar-refractivity contribution >= 4 is 51.5 Å². The molecule has 0 radical (unpaired) electrons. The van der Waals surface area contributed by atoms with Crippen LogP contribution in [0.15, 0.2) is 47.3 Å². The summed E-state index contributed by atoms with van der Waals surface area (Å²) in [4.78, 5) is 29.0. The zero-order valence-corrected chi connectivity index (χ0v) is 16.7. The zero-order valence-electron chi connectivity index (χ0n) is 14.3. The van der Waals surface area contributed by atoms with E-state index in [0.29, 0.717) is 36.5 Å². The molecule has 0 bridgehead atoms. The molecule has 9 heteroatoms. The van der Waals surface area contributed by atoms with Gasteiger partial charge in [-0.05, 0) is 42.0 Å². The number of nitrogens with zero attached hydrogens (tertiary/aromatic N) is 3. The van der Waals surface area contributed by atoms with Crippen molar-refractivity contribution in [3.63, 3.8) is 0 Å². The van der Waals surface area contributed by atoms with E-state index >= 15 is 0 Å². The minimum Gasteiger partial charge on any atom is -0.465 e. The summed E-state index contributed by atoms with van der Waals surface area (Å²) in [6, 6.07) is 11.8. The molecule has 0 aliphatic carbocycles. The molecule has 0 atom stereocenters. The molecule has 4 aromatic rings. The van der Waals surface area contributed by atoms with Crippen LogP contribution in [-0.4, -0.2) is 27.7 Å². The van der Waals surface area contributed by atoms with Gasteiger partial charge in [0.05, 0.1) is 22.2 Å². The van der Waals surface area contributed by atoms with Crippen molar-refractivity contribution in [3.05, 3.63) is 78.5 Å². The Bertz CT molecular complexity index is 1310. The third kappa shape index (κ3) is 3.40. The van der Waals surface area contributed by atoms with Crippen LogP contribution in [0.25, 0.3) is 22.4 Å². The summed E-state index contributed by atoms with van der Waals surface area (Å²) in [5.74, 6) is -0.0535. The highest BCUT2D eigenvalue weighted by atomic mass is 35.5. The number of thiazole rings is 1. The number of halogens is 2. The molecule has 2 heterocycles. The standard InChI is InChI=1S/C19H11Cl2N3O3S/c1-27-18(26)11-4-2-10(3-5-11)8-15-17(25)24-19(28-15)22-16(23-24)13-7-6-12(20)9-14(13)21/h2-9H,1H3/b15-8+. The van der Waals surface area contributed by atoms with Crippen molar-refractivity contribution in [1.29, 1.82) is 0 Å². The molecule has 0 unspecified atom stereocenters. The Morgan fingerprint density at radius 3 is 2.57 bits per heavy atom. The molecule has 4 rings (SSSR count). The van der Waals surface area contributed by atoms with Gasteiger partial charge in [0.15, 0.2) is 5.82 Å². The van der Waals surface area contributed by atoms with Gasteiger partial charge in [0.2, 0.25) is 4.96 Å². The maximum absolute atomic E-state index is 12.6. The van der Waals surface area contributed by atoms with E-state index in [-0.39, 0.29) is 5.56 Å². The lowest BCUT2D eigenvalue weighted by Gasteiger charge is -1.99. The average Bonchev–Trinajstić information content (AvgIpc) is 3.21. The molecule has 6 nitrogen and oxygen atoms in total. The molecule has 28 heavy (non-hydrogen) atoms. The van der Waals surface area contributed by atoms with Crippen LogP contribution < -0.4 is 10.1 Å². The van der Waals surface area contributed by atoms with Gasteiger partial charge in [-0.3, -0.25) is 4.79 Å². The van der Waals surface area contributed by atoms with E-state index in [9.17, 15) is 9.59 Å². The summed E-state index contributed by atoms with van der Waals surface area (Å²) in [5, 5.41) is 5.20. The zero-order chi connectivity index (χ0) is 19.8. The molecule has 2 aromatic heterocycles.